The number of rotatable bonds is 8. The van der Waals surface area contributed by atoms with Crippen LogP contribution in [-0.2, 0) is 6.61 Å². The third kappa shape index (κ3) is 4.35. The molecule has 0 aliphatic carbocycles. The molecule has 3 rings (SSSR count). The van der Waals surface area contributed by atoms with Gasteiger partial charge in [-0.3, -0.25) is 10.1 Å². The molecular weight excluding hydrogens is 402 g/mol. The minimum Gasteiger partial charge on any atom is -0.493 e. The van der Waals surface area contributed by atoms with E-state index in [1.54, 1.807) is 32.4 Å². The van der Waals surface area contributed by atoms with Crippen LogP contribution in [0, 0.1) is 10.1 Å². The first-order valence-electron chi connectivity index (χ1n) is 8.06. The van der Waals surface area contributed by atoms with Gasteiger partial charge in [-0.25, -0.2) is 4.98 Å². The number of hydrogen-bond acceptors (Lipinski definition) is 9. The van der Waals surface area contributed by atoms with Gasteiger partial charge in [-0.2, -0.15) is 0 Å². The topological polar surface area (TPSA) is 107 Å². The number of hydrogen-bond donors (Lipinski definition) is 2. The maximum Gasteiger partial charge on any atom is 0.270 e. The summed E-state index contributed by atoms with van der Waals surface area (Å²) in [5.74, 6) is 1.25. The molecule has 0 aliphatic rings. The summed E-state index contributed by atoms with van der Waals surface area (Å²) in [6, 6.07) is 11.7. The summed E-state index contributed by atoms with van der Waals surface area (Å²) >= 11 is 2.62. The van der Waals surface area contributed by atoms with Crippen LogP contribution in [0.15, 0.2) is 47.4 Å². The number of nitrogens with zero attached hydrogens (tertiary/aromatic N) is 2. The number of methoxy groups -OCH3 is 2. The van der Waals surface area contributed by atoms with Crippen LogP contribution >= 0.6 is 23.3 Å². The number of nitro benzene ring substituents is 1. The van der Waals surface area contributed by atoms with E-state index in [1.165, 1.54) is 35.4 Å². The van der Waals surface area contributed by atoms with Gasteiger partial charge in [-0.1, -0.05) is 23.5 Å². The maximum absolute atomic E-state index is 11.0. The molecule has 0 fully saturated rings. The first kappa shape index (κ1) is 19.9. The number of ether oxygens (including phenoxy) is 2. The molecule has 8 nitrogen and oxygen atoms in total. The lowest BCUT2D eigenvalue weighted by Gasteiger charge is -2.09. The highest BCUT2D eigenvalue weighted by Gasteiger charge is 2.16. The lowest BCUT2D eigenvalue weighted by atomic mass is 10.1. The second-order valence-corrected chi connectivity index (χ2v) is 7.44. The third-order valence-electron chi connectivity index (χ3n) is 3.78. The fourth-order valence-corrected chi connectivity index (χ4v) is 4.02. The molecule has 0 saturated carbocycles. The van der Waals surface area contributed by atoms with Gasteiger partial charge in [-0.15, -0.1) is 0 Å². The quantitative estimate of drug-likeness (QED) is 0.315. The maximum atomic E-state index is 11.0. The first-order valence-corrected chi connectivity index (χ1v) is 9.69. The molecule has 0 radical (unpaired) electrons. The molecule has 1 aromatic heterocycles. The Morgan fingerprint density at radius 3 is 2.68 bits per heavy atom. The predicted octanol–water partition coefficient (Wildman–Crippen LogP) is 4.35. The largest absolute Gasteiger partial charge is 0.493 e. The van der Waals surface area contributed by atoms with Crippen LogP contribution in [0.3, 0.4) is 0 Å². The molecule has 0 spiro atoms. The normalized spacial score (nSPS) is 10.5. The van der Waals surface area contributed by atoms with E-state index in [2.05, 4.69) is 9.71 Å². The first-order chi connectivity index (χ1) is 13.5. The second-order valence-electron chi connectivity index (χ2n) is 5.48. The molecule has 0 unspecified atom stereocenters. The standard InChI is InChI=1S/C18H17N3O5S2/c1-25-14-7-6-13(9-15(14)26-2)28-20-18-19-17(16(10-22)27-18)11-4-3-5-12(8-11)21(23)24/h3-9,22H,10H2,1-2H3,(H,19,20). The zero-order valence-corrected chi connectivity index (χ0v) is 16.7. The minimum atomic E-state index is -0.458. The summed E-state index contributed by atoms with van der Waals surface area (Å²) in [6.07, 6.45) is 0. The van der Waals surface area contributed by atoms with Crippen LogP contribution in [0.25, 0.3) is 11.3 Å². The average molecular weight is 419 g/mol. The molecule has 0 amide bonds. The summed E-state index contributed by atoms with van der Waals surface area (Å²) in [4.78, 5) is 16.5. The van der Waals surface area contributed by atoms with Crippen LogP contribution in [0.4, 0.5) is 10.8 Å². The van der Waals surface area contributed by atoms with Gasteiger partial charge in [0.05, 0.1) is 36.3 Å². The van der Waals surface area contributed by atoms with Gasteiger partial charge in [0.1, 0.15) is 0 Å². The van der Waals surface area contributed by atoms with Gasteiger partial charge in [0, 0.05) is 22.6 Å². The van der Waals surface area contributed by atoms with E-state index in [0.29, 0.717) is 32.8 Å². The van der Waals surface area contributed by atoms with Crippen LogP contribution in [-0.4, -0.2) is 29.2 Å². The molecule has 28 heavy (non-hydrogen) atoms. The number of nitrogens with one attached hydrogen (secondary N) is 1. The highest BCUT2D eigenvalue weighted by atomic mass is 32.2. The van der Waals surface area contributed by atoms with Crippen molar-refractivity contribution in [1.82, 2.24) is 4.98 Å². The van der Waals surface area contributed by atoms with Crippen molar-refractivity contribution in [2.75, 3.05) is 18.9 Å². The molecule has 2 N–H and O–H groups in total. The molecule has 1 heterocycles. The van der Waals surface area contributed by atoms with Crippen molar-refractivity contribution in [1.29, 1.82) is 0 Å². The third-order valence-corrected chi connectivity index (χ3v) is 5.65. The van der Waals surface area contributed by atoms with Crippen LogP contribution < -0.4 is 14.2 Å². The van der Waals surface area contributed by atoms with E-state index in [4.69, 9.17) is 9.47 Å². The van der Waals surface area contributed by atoms with Crippen LogP contribution in [0.5, 0.6) is 11.5 Å². The Morgan fingerprint density at radius 2 is 2.00 bits per heavy atom. The molecule has 0 aliphatic heterocycles. The van der Waals surface area contributed by atoms with Gasteiger partial charge in [0.25, 0.3) is 5.69 Å². The van der Waals surface area contributed by atoms with Gasteiger partial charge in [0.2, 0.25) is 0 Å². The molecule has 3 aromatic rings. The van der Waals surface area contributed by atoms with Crippen molar-refractivity contribution < 1.29 is 19.5 Å². The Bertz CT molecular complexity index is 993. The van der Waals surface area contributed by atoms with E-state index in [-0.39, 0.29) is 12.3 Å². The average Bonchev–Trinajstić information content (AvgIpc) is 3.15. The molecule has 2 aromatic carbocycles. The van der Waals surface area contributed by atoms with Crippen molar-refractivity contribution in [2.45, 2.75) is 11.5 Å². The number of aliphatic hydroxyl groups excluding tert-OH is 1. The summed E-state index contributed by atoms with van der Waals surface area (Å²) in [5, 5.41) is 21.2. The summed E-state index contributed by atoms with van der Waals surface area (Å²) < 4.78 is 13.6. The number of non-ortho nitro benzene ring substituents is 1. The fourth-order valence-electron chi connectivity index (χ4n) is 2.48. The summed E-state index contributed by atoms with van der Waals surface area (Å²) in [6.45, 7) is -0.210. The predicted molar refractivity (Wildman–Crippen MR) is 109 cm³/mol. The zero-order valence-electron chi connectivity index (χ0n) is 15.0. The smallest absolute Gasteiger partial charge is 0.270 e. The van der Waals surface area contributed by atoms with Gasteiger partial charge in [0.15, 0.2) is 16.6 Å². The number of aliphatic hydroxyl groups is 1. The van der Waals surface area contributed by atoms with Crippen molar-refractivity contribution in [3.63, 3.8) is 0 Å². The van der Waals surface area contributed by atoms with Crippen molar-refractivity contribution >= 4 is 34.1 Å². The molecule has 0 atom stereocenters. The van der Waals surface area contributed by atoms with E-state index >= 15 is 0 Å². The van der Waals surface area contributed by atoms with E-state index in [0.717, 1.165) is 4.90 Å². The SMILES string of the molecule is COc1ccc(SNc2nc(-c3cccc([N+](=O)[O-])c3)c(CO)s2)cc1OC. The monoisotopic (exact) mass is 419 g/mol. The van der Waals surface area contributed by atoms with E-state index in [1.807, 2.05) is 12.1 Å². The van der Waals surface area contributed by atoms with Gasteiger partial charge >= 0.3 is 0 Å². The summed E-state index contributed by atoms with van der Waals surface area (Å²) in [5.41, 5.74) is 1.08. The van der Waals surface area contributed by atoms with Gasteiger partial charge < -0.3 is 19.3 Å². The highest BCUT2D eigenvalue weighted by molar-refractivity contribution is 8.00. The number of anilines is 1. The fraction of sp³-hybridized carbons (Fsp3) is 0.167. The Kier molecular flexibility index (Phi) is 6.34. The minimum absolute atomic E-state index is 0.0244. The number of nitro groups is 1. The second kappa shape index (κ2) is 8.91. The Labute approximate surface area is 169 Å². The van der Waals surface area contributed by atoms with Crippen LogP contribution in [0.1, 0.15) is 4.88 Å². The molecule has 146 valence electrons. The van der Waals surface area contributed by atoms with Gasteiger partial charge in [-0.05, 0) is 30.1 Å². The highest BCUT2D eigenvalue weighted by Crippen LogP contribution is 2.36. The Balaban J connectivity index is 1.81. The molecule has 10 heteroatoms. The Morgan fingerprint density at radius 1 is 1.21 bits per heavy atom. The lowest BCUT2D eigenvalue weighted by molar-refractivity contribution is -0.384. The molecule has 0 saturated heterocycles. The van der Waals surface area contributed by atoms with Crippen LogP contribution in [0.2, 0.25) is 0 Å². The number of aromatic nitrogens is 1. The summed E-state index contributed by atoms with van der Waals surface area (Å²) in [7, 11) is 3.14. The lowest BCUT2D eigenvalue weighted by Crippen LogP contribution is -1.92. The number of thiazole rings is 1. The zero-order chi connectivity index (χ0) is 20.1. The van der Waals surface area contributed by atoms with Crippen molar-refractivity contribution in [2.24, 2.45) is 0 Å². The molecular formula is C18H17N3O5S2. The molecule has 0 bridgehead atoms. The van der Waals surface area contributed by atoms with Crippen molar-refractivity contribution in [3.8, 4) is 22.8 Å². The Hall–Kier alpha value is -2.82. The van der Waals surface area contributed by atoms with E-state index in [9.17, 15) is 15.2 Å². The van der Waals surface area contributed by atoms with Crippen molar-refractivity contribution in [3.05, 3.63) is 57.5 Å². The van der Waals surface area contributed by atoms with E-state index < -0.39 is 4.92 Å². The number of benzene rings is 2.